The van der Waals surface area contributed by atoms with Gasteiger partial charge in [0.1, 0.15) is 5.75 Å². The number of hydrogen-bond donors (Lipinski definition) is 0. The van der Waals surface area contributed by atoms with Crippen LogP contribution < -0.4 is 4.74 Å². The molecule has 2 heterocycles. The van der Waals surface area contributed by atoms with Crippen LogP contribution in [0.15, 0.2) is 42.5 Å². The van der Waals surface area contributed by atoms with Crippen molar-refractivity contribution < 1.29 is 14.3 Å². The Morgan fingerprint density at radius 2 is 1.90 bits per heavy atom. The molecule has 0 aliphatic carbocycles. The molecule has 0 saturated carbocycles. The van der Waals surface area contributed by atoms with E-state index < -0.39 is 5.97 Å². The second-order valence-electron chi connectivity index (χ2n) is 4.31. The number of para-hydroxylation sites is 1. The number of rotatable bonds is 3. The SMILES string of the molecule is COC(=O)c1cccc2nc(-c3ccccc3OC)nn12. The zero-order valence-electron chi connectivity index (χ0n) is 11.6. The lowest BCUT2D eigenvalue weighted by Gasteiger charge is -2.03. The van der Waals surface area contributed by atoms with E-state index in [1.54, 1.807) is 25.3 Å². The zero-order chi connectivity index (χ0) is 14.8. The quantitative estimate of drug-likeness (QED) is 0.689. The van der Waals surface area contributed by atoms with Crippen molar-refractivity contribution in [3.63, 3.8) is 0 Å². The van der Waals surface area contributed by atoms with Crippen LogP contribution in [-0.4, -0.2) is 34.8 Å². The van der Waals surface area contributed by atoms with E-state index in [2.05, 4.69) is 10.1 Å². The molecule has 21 heavy (non-hydrogen) atoms. The lowest BCUT2D eigenvalue weighted by molar-refractivity contribution is 0.0591. The molecule has 6 heteroatoms. The molecule has 2 aromatic heterocycles. The van der Waals surface area contributed by atoms with Gasteiger partial charge in [0.25, 0.3) is 0 Å². The number of esters is 1. The summed E-state index contributed by atoms with van der Waals surface area (Å²) in [6.45, 7) is 0. The average Bonchev–Trinajstić information content (AvgIpc) is 2.97. The van der Waals surface area contributed by atoms with Crippen molar-refractivity contribution in [1.82, 2.24) is 14.6 Å². The summed E-state index contributed by atoms with van der Waals surface area (Å²) in [6, 6.07) is 12.6. The van der Waals surface area contributed by atoms with Crippen LogP contribution in [0.1, 0.15) is 10.5 Å². The number of carbonyl (C=O) groups excluding carboxylic acids is 1. The van der Waals surface area contributed by atoms with E-state index in [0.717, 1.165) is 5.56 Å². The molecule has 3 rings (SSSR count). The highest BCUT2D eigenvalue weighted by atomic mass is 16.5. The Hall–Kier alpha value is -2.89. The van der Waals surface area contributed by atoms with Gasteiger partial charge in [-0.15, -0.1) is 5.10 Å². The van der Waals surface area contributed by atoms with E-state index in [0.29, 0.717) is 22.9 Å². The Balaban J connectivity index is 2.20. The normalized spacial score (nSPS) is 10.6. The maximum absolute atomic E-state index is 11.8. The second-order valence-corrected chi connectivity index (χ2v) is 4.31. The first-order valence-electron chi connectivity index (χ1n) is 6.32. The highest BCUT2D eigenvalue weighted by molar-refractivity contribution is 5.88. The van der Waals surface area contributed by atoms with Crippen LogP contribution in [0.4, 0.5) is 0 Å². The van der Waals surface area contributed by atoms with Crippen molar-refractivity contribution in [3.05, 3.63) is 48.2 Å². The Morgan fingerprint density at radius 1 is 1.10 bits per heavy atom. The topological polar surface area (TPSA) is 65.7 Å². The van der Waals surface area contributed by atoms with Gasteiger partial charge in [0.05, 0.1) is 19.8 Å². The predicted octanol–water partition coefficient (Wildman–Crippen LogP) is 2.19. The van der Waals surface area contributed by atoms with Crippen LogP contribution in [0.3, 0.4) is 0 Å². The van der Waals surface area contributed by atoms with E-state index in [1.807, 2.05) is 24.3 Å². The lowest BCUT2D eigenvalue weighted by atomic mass is 10.2. The van der Waals surface area contributed by atoms with E-state index in [4.69, 9.17) is 9.47 Å². The molecule has 0 N–H and O–H groups in total. The Labute approximate surface area is 120 Å². The largest absolute Gasteiger partial charge is 0.496 e. The number of fused-ring (bicyclic) bond motifs is 1. The third kappa shape index (κ3) is 2.20. The van der Waals surface area contributed by atoms with Gasteiger partial charge in [0, 0.05) is 0 Å². The van der Waals surface area contributed by atoms with Crippen molar-refractivity contribution in [1.29, 1.82) is 0 Å². The van der Waals surface area contributed by atoms with Gasteiger partial charge in [0.15, 0.2) is 17.2 Å². The summed E-state index contributed by atoms with van der Waals surface area (Å²) in [4.78, 5) is 16.2. The van der Waals surface area contributed by atoms with Crippen LogP contribution in [0.2, 0.25) is 0 Å². The molecule has 0 amide bonds. The number of aromatic nitrogens is 3. The van der Waals surface area contributed by atoms with Crippen molar-refractivity contribution in [2.24, 2.45) is 0 Å². The summed E-state index contributed by atoms with van der Waals surface area (Å²) in [5.74, 6) is 0.703. The Kier molecular flexibility index (Phi) is 3.27. The van der Waals surface area contributed by atoms with Crippen LogP contribution in [0, 0.1) is 0 Å². The van der Waals surface area contributed by atoms with Gasteiger partial charge >= 0.3 is 5.97 Å². The van der Waals surface area contributed by atoms with Crippen molar-refractivity contribution in [3.8, 4) is 17.1 Å². The zero-order valence-corrected chi connectivity index (χ0v) is 11.6. The van der Waals surface area contributed by atoms with Crippen LogP contribution in [-0.2, 0) is 4.74 Å². The highest BCUT2D eigenvalue weighted by Gasteiger charge is 2.16. The number of methoxy groups -OCH3 is 2. The molecule has 0 bridgehead atoms. The second kappa shape index (κ2) is 5.24. The smallest absolute Gasteiger partial charge is 0.356 e. The first-order valence-corrected chi connectivity index (χ1v) is 6.32. The first kappa shape index (κ1) is 13.1. The molecular weight excluding hydrogens is 270 g/mol. The minimum atomic E-state index is -0.461. The summed E-state index contributed by atoms with van der Waals surface area (Å²) >= 11 is 0. The summed E-state index contributed by atoms with van der Waals surface area (Å²) < 4.78 is 11.5. The summed E-state index contributed by atoms with van der Waals surface area (Å²) in [5.41, 5.74) is 1.65. The van der Waals surface area contributed by atoms with E-state index in [-0.39, 0.29) is 0 Å². The van der Waals surface area contributed by atoms with Gasteiger partial charge < -0.3 is 9.47 Å². The summed E-state index contributed by atoms with van der Waals surface area (Å²) in [6.07, 6.45) is 0. The Bertz CT molecular complexity index is 811. The van der Waals surface area contributed by atoms with Crippen LogP contribution >= 0.6 is 0 Å². The molecule has 0 fully saturated rings. The number of ether oxygens (including phenoxy) is 2. The first-order chi connectivity index (χ1) is 10.2. The molecular formula is C15H13N3O3. The van der Waals surface area contributed by atoms with Gasteiger partial charge in [-0.3, -0.25) is 0 Å². The van der Waals surface area contributed by atoms with E-state index in [9.17, 15) is 4.79 Å². The van der Waals surface area contributed by atoms with Gasteiger partial charge in [-0.2, -0.15) is 0 Å². The number of hydrogen-bond acceptors (Lipinski definition) is 5. The van der Waals surface area contributed by atoms with Crippen molar-refractivity contribution in [2.45, 2.75) is 0 Å². The molecule has 0 unspecified atom stereocenters. The number of carbonyl (C=O) groups is 1. The number of pyridine rings is 1. The van der Waals surface area contributed by atoms with Crippen LogP contribution in [0.5, 0.6) is 5.75 Å². The van der Waals surface area contributed by atoms with E-state index in [1.165, 1.54) is 11.6 Å². The third-order valence-corrected chi connectivity index (χ3v) is 3.10. The predicted molar refractivity (Wildman–Crippen MR) is 76.3 cm³/mol. The Morgan fingerprint density at radius 3 is 2.67 bits per heavy atom. The number of benzene rings is 1. The van der Waals surface area contributed by atoms with Gasteiger partial charge in [-0.05, 0) is 24.3 Å². The monoisotopic (exact) mass is 283 g/mol. The molecule has 3 aromatic rings. The fourth-order valence-electron chi connectivity index (χ4n) is 2.11. The molecule has 0 aliphatic rings. The molecule has 0 radical (unpaired) electrons. The molecule has 0 saturated heterocycles. The molecule has 0 atom stereocenters. The van der Waals surface area contributed by atoms with Crippen molar-refractivity contribution >= 4 is 11.6 Å². The molecule has 1 aromatic carbocycles. The summed E-state index contributed by atoms with van der Waals surface area (Å²) in [5, 5.41) is 4.39. The molecule has 6 nitrogen and oxygen atoms in total. The minimum absolute atomic E-state index is 0.323. The molecule has 0 spiro atoms. The van der Waals surface area contributed by atoms with E-state index >= 15 is 0 Å². The maximum Gasteiger partial charge on any atom is 0.356 e. The molecule has 106 valence electrons. The van der Waals surface area contributed by atoms with Gasteiger partial charge in [0.2, 0.25) is 0 Å². The van der Waals surface area contributed by atoms with Gasteiger partial charge in [-0.25, -0.2) is 14.3 Å². The van der Waals surface area contributed by atoms with Gasteiger partial charge in [-0.1, -0.05) is 18.2 Å². The third-order valence-electron chi connectivity index (χ3n) is 3.10. The minimum Gasteiger partial charge on any atom is -0.496 e. The maximum atomic E-state index is 11.8. The van der Waals surface area contributed by atoms with Crippen molar-refractivity contribution in [2.75, 3.05) is 14.2 Å². The molecule has 0 aliphatic heterocycles. The number of nitrogens with zero attached hydrogens (tertiary/aromatic N) is 3. The summed E-state index contributed by atoms with van der Waals surface area (Å²) in [7, 11) is 2.92. The standard InChI is InChI=1S/C15H13N3O3/c1-20-12-8-4-3-6-10(12)14-16-13-9-5-7-11(15(19)21-2)18(13)17-14/h3-9H,1-2H3. The van der Waals surface area contributed by atoms with Crippen LogP contribution in [0.25, 0.3) is 17.0 Å². The average molecular weight is 283 g/mol. The fraction of sp³-hybridized carbons (Fsp3) is 0.133. The lowest BCUT2D eigenvalue weighted by Crippen LogP contribution is -2.08. The highest BCUT2D eigenvalue weighted by Crippen LogP contribution is 2.27. The fourth-order valence-corrected chi connectivity index (χ4v) is 2.11.